The second-order valence-corrected chi connectivity index (χ2v) is 6.16. The van der Waals surface area contributed by atoms with E-state index in [1.807, 2.05) is 12.1 Å². The third-order valence-electron chi connectivity index (χ3n) is 4.31. The molecule has 2 aromatic carbocycles. The summed E-state index contributed by atoms with van der Waals surface area (Å²) in [6.45, 7) is 1.57. The molecule has 1 aliphatic carbocycles. The van der Waals surface area contributed by atoms with Crippen LogP contribution in [0.2, 0.25) is 0 Å². The summed E-state index contributed by atoms with van der Waals surface area (Å²) in [6.07, 6.45) is 2.07. The summed E-state index contributed by atoms with van der Waals surface area (Å²) in [6, 6.07) is 12.7. The Bertz CT molecular complexity index is 791. The monoisotopic (exact) mass is 354 g/mol. The number of methoxy groups -OCH3 is 2. The topological polar surface area (TPSA) is 67.9 Å². The van der Waals surface area contributed by atoms with Crippen molar-refractivity contribution in [2.24, 2.45) is 0 Å². The van der Waals surface area contributed by atoms with E-state index in [-0.39, 0.29) is 11.8 Å². The van der Waals surface area contributed by atoms with Gasteiger partial charge in [-0.15, -0.1) is 0 Å². The molecule has 0 unspecified atom stereocenters. The molecule has 2 amide bonds. The Morgan fingerprint density at radius 1 is 1.00 bits per heavy atom. The third-order valence-corrected chi connectivity index (χ3v) is 4.31. The third kappa shape index (κ3) is 3.64. The van der Waals surface area contributed by atoms with E-state index in [2.05, 4.69) is 5.32 Å². The fourth-order valence-electron chi connectivity index (χ4n) is 2.96. The van der Waals surface area contributed by atoms with Gasteiger partial charge < -0.3 is 19.7 Å². The van der Waals surface area contributed by atoms with Crippen molar-refractivity contribution in [3.63, 3.8) is 0 Å². The number of benzene rings is 2. The number of anilines is 2. The molecule has 2 aromatic rings. The number of carbonyl (C=O) groups is 2. The van der Waals surface area contributed by atoms with Crippen LogP contribution in [0.3, 0.4) is 0 Å². The number of hydrogen-bond acceptors (Lipinski definition) is 4. The summed E-state index contributed by atoms with van der Waals surface area (Å²) in [4.78, 5) is 26.3. The van der Waals surface area contributed by atoms with Gasteiger partial charge in [-0.05, 0) is 49.2 Å². The van der Waals surface area contributed by atoms with Crippen molar-refractivity contribution in [3.05, 3.63) is 48.0 Å². The fourth-order valence-corrected chi connectivity index (χ4v) is 2.96. The molecule has 0 aliphatic heterocycles. The highest BCUT2D eigenvalue weighted by Crippen LogP contribution is 2.33. The van der Waals surface area contributed by atoms with Gasteiger partial charge in [0.2, 0.25) is 5.91 Å². The minimum atomic E-state index is -0.322. The number of nitrogens with one attached hydrogen (secondary N) is 1. The number of nitrogens with zero attached hydrogens (tertiary/aromatic N) is 1. The summed E-state index contributed by atoms with van der Waals surface area (Å²) in [5.74, 6) is 0.589. The fraction of sp³-hybridized carbons (Fsp3) is 0.300. The van der Waals surface area contributed by atoms with Crippen molar-refractivity contribution in [1.29, 1.82) is 0 Å². The van der Waals surface area contributed by atoms with Crippen LogP contribution in [0.1, 0.15) is 30.1 Å². The average Bonchev–Trinajstić information content (AvgIpc) is 3.47. The molecule has 0 atom stereocenters. The normalized spacial score (nSPS) is 13.0. The van der Waals surface area contributed by atoms with E-state index in [1.54, 1.807) is 42.2 Å². The molecule has 26 heavy (non-hydrogen) atoms. The van der Waals surface area contributed by atoms with Gasteiger partial charge >= 0.3 is 0 Å². The lowest BCUT2D eigenvalue weighted by Gasteiger charge is -2.21. The lowest BCUT2D eigenvalue weighted by molar-refractivity contribution is -0.116. The molecule has 0 saturated heterocycles. The molecule has 0 aromatic heterocycles. The molecule has 6 nitrogen and oxygen atoms in total. The highest BCUT2D eigenvalue weighted by Gasteiger charge is 2.31. The number of ether oxygens (including phenoxy) is 2. The molecule has 0 heterocycles. The van der Waals surface area contributed by atoms with Crippen molar-refractivity contribution in [2.45, 2.75) is 25.8 Å². The van der Waals surface area contributed by atoms with Crippen LogP contribution in [0.5, 0.6) is 11.5 Å². The molecular formula is C20H22N2O4. The number of hydrogen-bond donors (Lipinski definition) is 1. The van der Waals surface area contributed by atoms with Crippen molar-refractivity contribution in [3.8, 4) is 11.5 Å². The van der Waals surface area contributed by atoms with Crippen LogP contribution in [-0.4, -0.2) is 32.1 Å². The summed E-state index contributed by atoms with van der Waals surface area (Å²) in [7, 11) is 3.02. The molecule has 3 rings (SSSR count). The molecule has 1 aliphatic rings. The predicted molar refractivity (Wildman–Crippen MR) is 100 cm³/mol. The van der Waals surface area contributed by atoms with E-state index in [0.29, 0.717) is 28.8 Å². The highest BCUT2D eigenvalue weighted by atomic mass is 16.5. The van der Waals surface area contributed by atoms with Gasteiger partial charge in [-0.2, -0.15) is 0 Å². The summed E-state index contributed by atoms with van der Waals surface area (Å²) < 4.78 is 10.5. The summed E-state index contributed by atoms with van der Waals surface area (Å²) >= 11 is 0. The Morgan fingerprint density at radius 2 is 1.58 bits per heavy atom. The van der Waals surface area contributed by atoms with Gasteiger partial charge in [-0.25, -0.2) is 0 Å². The van der Waals surface area contributed by atoms with E-state index in [1.165, 1.54) is 14.2 Å². The van der Waals surface area contributed by atoms with Gasteiger partial charge in [0.25, 0.3) is 5.91 Å². The van der Waals surface area contributed by atoms with E-state index in [0.717, 1.165) is 18.5 Å². The van der Waals surface area contributed by atoms with Crippen LogP contribution in [-0.2, 0) is 4.79 Å². The molecule has 0 spiro atoms. The Labute approximate surface area is 152 Å². The van der Waals surface area contributed by atoms with Gasteiger partial charge in [-0.3, -0.25) is 9.59 Å². The maximum Gasteiger partial charge on any atom is 0.263 e. The molecule has 0 radical (unpaired) electrons. The van der Waals surface area contributed by atoms with Crippen molar-refractivity contribution in [1.82, 2.24) is 0 Å². The molecule has 136 valence electrons. The van der Waals surface area contributed by atoms with E-state index in [9.17, 15) is 9.59 Å². The van der Waals surface area contributed by atoms with Crippen LogP contribution >= 0.6 is 0 Å². The summed E-state index contributed by atoms with van der Waals surface area (Å²) in [5, 5.41) is 2.85. The number of amides is 2. The first kappa shape index (κ1) is 17.8. The van der Waals surface area contributed by atoms with Crippen molar-refractivity contribution >= 4 is 23.2 Å². The van der Waals surface area contributed by atoms with Gasteiger partial charge in [0.05, 0.1) is 14.2 Å². The lowest BCUT2D eigenvalue weighted by atomic mass is 10.1. The SMILES string of the molecule is COc1cccc(OC)c1C(=O)Nc1ccc(N(C(C)=O)C2CC2)cc1. The van der Waals surface area contributed by atoms with Crippen LogP contribution < -0.4 is 19.7 Å². The smallest absolute Gasteiger partial charge is 0.263 e. The van der Waals surface area contributed by atoms with Crippen molar-refractivity contribution in [2.75, 3.05) is 24.4 Å². The molecular weight excluding hydrogens is 332 g/mol. The first-order valence-electron chi connectivity index (χ1n) is 8.47. The Morgan fingerprint density at radius 3 is 2.04 bits per heavy atom. The van der Waals surface area contributed by atoms with Gasteiger partial charge in [0, 0.05) is 24.3 Å². The Balaban J connectivity index is 1.79. The molecule has 6 heteroatoms. The molecule has 0 bridgehead atoms. The van der Waals surface area contributed by atoms with Gasteiger partial charge in [-0.1, -0.05) is 6.07 Å². The number of carbonyl (C=O) groups excluding carboxylic acids is 2. The van der Waals surface area contributed by atoms with Crippen LogP contribution in [0.4, 0.5) is 11.4 Å². The minimum absolute atomic E-state index is 0.0306. The molecule has 1 N–H and O–H groups in total. The van der Waals surface area contributed by atoms with E-state index >= 15 is 0 Å². The zero-order chi connectivity index (χ0) is 18.7. The first-order valence-corrected chi connectivity index (χ1v) is 8.47. The second-order valence-electron chi connectivity index (χ2n) is 6.16. The van der Waals surface area contributed by atoms with E-state index in [4.69, 9.17) is 9.47 Å². The van der Waals surface area contributed by atoms with Gasteiger partial charge in [0.1, 0.15) is 17.1 Å². The van der Waals surface area contributed by atoms with Crippen LogP contribution in [0, 0.1) is 0 Å². The molecule has 1 saturated carbocycles. The van der Waals surface area contributed by atoms with Crippen LogP contribution in [0.25, 0.3) is 0 Å². The summed E-state index contributed by atoms with van der Waals surface area (Å²) in [5.41, 5.74) is 1.81. The largest absolute Gasteiger partial charge is 0.496 e. The standard InChI is InChI=1S/C20H22N2O4/c1-13(23)22(16-11-12-16)15-9-7-14(8-10-15)21-20(24)19-17(25-2)5-4-6-18(19)26-3/h4-10,16H,11-12H2,1-3H3,(H,21,24). The first-order chi connectivity index (χ1) is 12.5. The predicted octanol–water partition coefficient (Wildman–Crippen LogP) is 3.47. The lowest BCUT2D eigenvalue weighted by Crippen LogP contribution is -2.30. The minimum Gasteiger partial charge on any atom is -0.496 e. The maximum absolute atomic E-state index is 12.7. The maximum atomic E-state index is 12.7. The zero-order valence-corrected chi connectivity index (χ0v) is 15.1. The average molecular weight is 354 g/mol. The Hall–Kier alpha value is -3.02. The van der Waals surface area contributed by atoms with E-state index < -0.39 is 0 Å². The second kappa shape index (κ2) is 7.47. The Kier molecular flexibility index (Phi) is 5.11. The zero-order valence-electron chi connectivity index (χ0n) is 15.1. The van der Waals surface area contributed by atoms with Gasteiger partial charge in [0.15, 0.2) is 0 Å². The molecule has 1 fully saturated rings. The highest BCUT2D eigenvalue weighted by molar-refractivity contribution is 6.08. The van der Waals surface area contributed by atoms with Crippen LogP contribution in [0.15, 0.2) is 42.5 Å². The van der Waals surface area contributed by atoms with Crippen molar-refractivity contribution < 1.29 is 19.1 Å². The quantitative estimate of drug-likeness (QED) is 0.862. The number of rotatable bonds is 6.